The van der Waals surface area contributed by atoms with E-state index < -0.39 is 0 Å². The van der Waals surface area contributed by atoms with Crippen LogP contribution in [0.5, 0.6) is 0 Å². The van der Waals surface area contributed by atoms with Crippen molar-refractivity contribution in [1.29, 1.82) is 10.5 Å². The van der Waals surface area contributed by atoms with Gasteiger partial charge in [0.05, 0.1) is 23.7 Å². The molecule has 0 bridgehead atoms. The fourth-order valence-corrected chi connectivity index (χ4v) is 3.37. The molecule has 0 unspecified atom stereocenters. The highest BCUT2D eigenvalue weighted by Gasteiger charge is 2.37. The Balaban J connectivity index is 1.65. The Morgan fingerprint density at radius 1 is 1.27 bits per heavy atom. The summed E-state index contributed by atoms with van der Waals surface area (Å²) < 4.78 is 0. The summed E-state index contributed by atoms with van der Waals surface area (Å²) in [6, 6.07) is 11.4. The van der Waals surface area contributed by atoms with Crippen LogP contribution in [0.1, 0.15) is 36.3 Å². The van der Waals surface area contributed by atoms with E-state index in [1.807, 2.05) is 24.3 Å². The van der Waals surface area contributed by atoms with Crippen LogP contribution in [0, 0.1) is 22.7 Å². The van der Waals surface area contributed by atoms with Crippen LogP contribution in [-0.4, -0.2) is 36.0 Å². The predicted octanol–water partition coefficient (Wildman–Crippen LogP) is 1.52. The quantitative estimate of drug-likeness (QED) is 0.896. The molecule has 0 aliphatic carbocycles. The third-order valence-corrected chi connectivity index (χ3v) is 4.63. The first-order valence-corrected chi connectivity index (χ1v) is 7.66. The van der Waals surface area contributed by atoms with Crippen LogP contribution in [0.2, 0.25) is 0 Å². The van der Waals surface area contributed by atoms with Gasteiger partial charge >= 0.3 is 0 Å². The lowest BCUT2D eigenvalue weighted by molar-refractivity contribution is -0.133. The molecule has 112 valence electrons. The second kappa shape index (κ2) is 6.17. The molecule has 2 heterocycles. The fourth-order valence-electron chi connectivity index (χ4n) is 3.37. The van der Waals surface area contributed by atoms with E-state index in [1.54, 1.807) is 4.90 Å². The van der Waals surface area contributed by atoms with Crippen molar-refractivity contribution in [2.24, 2.45) is 0 Å². The minimum absolute atomic E-state index is 0.0557. The summed E-state index contributed by atoms with van der Waals surface area (Å²) in [7, 11) is 0. The minimum Gasteiger partial charge on any atom is -0.325 e. The van der Waals surface area contributed by atoms with Crippen LogP contribution < -0.4 is 5.32 Å². The lowest BCUT2D eigenvalue weighted by Crippen LogP contribution is -2.45. The molecule has 0 spiro atoms. The van der Waals surface area contributed by atoms with Crippen molar-refractivity contribution in [1.82, 2.24) is 10.2 Å². The molecule has 2 fully saturated rings. The normalized spacial score (nSPS) is 27.4. The van der Waals surface area contributed by atoms with Gasteiger partial charge in [-0.3, -0.25) is 4.79 Å². The van der Waals surface area contributed by atoms with E-state index in [9.17, 15) is 4.79 Å². The van der Waals surface area contributed by atoms with Gasteiger partial charge in [0.2, 0.25) is 5.91 Å². The minimum atomic E-state index is -0.261. The first-order chi connectivity index (χ1) is 10.7. The van der Waals surface area contributed by atoms with Gasteiger partial charge in [0, 0.05) is 13.1 Å². The molecule has 5 heteroatoms. The zero-order valence-electron chi connectivity index (χ0n) is 12.3. The molecule has 3 rings (SSSR count). The standard InChI is InChI=1S/C17H18N4O/c18-9-12-3-5-13(6-4-12)14-8-16(20-11-14)17(22)21-7-1-2-15(21)10-19/h3-6,14-16,20H,1-2,7-8,11H2/t14-,15-,16-/m0/s1. The van der Waals surface area contributed by atoms with Crippen LogP contribution >= 0.6 is 0 Å². The molecule has 1 aromatic carbocycles. The summed E-state index contributed by atoms with van der Waals surface area (Å²) >= 11 is 0. The Morgan fingerprint density at radius 3 is 2.73 bits per heavy atom. The molecule has 2 saturated heterocycles. The maximum absolute atomic E-state index is 12.6. The number of likely N-dealkylation sites (tertiary alicyclic amines) is 1. The van der Waals surface area contributed by atoms with Crippen molar-refractivity contribution >= 4 is 5.91 Å². The maximum Gasteiger partial charge on any atom is 0.240 e. The average molecular weight is 294 g/mol. The van der Waals surface area contributed by atoms with E-state index in [1.165, 1.54) is 0 Å². The molecule has 1 aromatic rings. The van der Waals surface area contributed by atoms with Gasteiger partial charge in [-0.05, 0) is 42.9 Å². The van der Waals surface area contributed by atoms with Crippen molar-refractivity contribution in [2.45, 2.75) is 37.3 Å². The zero-order chi connectivity index (χ0) is 15.5. The number of benzene rings is 1. The summed E-state index contributed by atoms with van der Waals surface area (Å²) in [5, 5.41) is 21.2. The number of hydrogen-bond donors (Lipinski definition) is 1. The highest BCUT2D eigenvalue weighted by Crippen LogP contribution is 2.28. The fraction of sp³-hybridized carbons (Fsp3) is 0.471. The molecular formula is C17H18N4O. The molecule has 3 atom stereocenters. The van der Waals surface area contributed by atoms with E-state index in [0.29, 0.717) is 12.1 Å². The topological polar surface area (TPSA) is 79.9 Å². The number of carbonyl (C=O) groups is 1. The smallest absolute Gasteiger partial charge is 0.240 e. The van der Waals surface area contributed by atoms with Crippen LogP contribution in [0.15, 0.2) is 24.3 Å². The Morgan fingerprint density at radius 2 is 2.05 bits per heavy atom. The van der Waals surface area contributed by atoms with Gasteiger partial charge in [-0.15, -0.1) is 0 Å². The Bertz CT molecular complexity index is 640. The number of nitrogens with one attached hydrogen (secondary N) is 1. The summed E-state index contributed by atoms with van der Waals surface area (Å²) in [6.07, 6.45) is 2.45. The predicted molar refractivity (Wildman–Crippen MR) is 80.7 cm³/mol. The van der Waals surface area contributed by atoms with E-state index in [-0.39, 0.29) is 23.9 Å². The summed E-state index contributed by atoms with van der Waals surface area (Å²) in [5.41, 5.74) is 1.80. The molecule has 22 heavy (non-hydrogen) atoms. The summed E-state index contributed by atoms with van der Waals surface area (Å²) in [6.45, 7) is 1.45. The third kappa shape index (κ3) is 2.68. The molecule has 0 radical (unpaired) electrons. The van der Waals surface area contributed by atoms with E-state index in [2.05, 4.69) is 17.5 Å². The Hall–Kier alpha value is -2.37. The molecule has 0 aromatic heterocycles. The number of hydrogen-bond acceptors (Lipinski definition) is 4. The molecule has 2 aliphatic heterocycles. The number of amides is 1. The first-order valence-electron chi connectivity index (χ1n) is 7.66. The summed E-state index contributed by atoms with van der Waals surface area (Å²) in [4.78, 5) is 14.3. The van der Waals surface area contributed by atoms with Crippen LogP contribution in [0.3, 0.4) is 0 Å². The molecule has 2 aliphatic rings. The number of carbonyl (C=O) groups excluding carboxylic acids is 1. The molecule has 1 amide bonds. The van der Waals surface area contributed by atoms with Crippen molar-refractivity contribution in [3.8, 4) is 12.1 Å². The van der Waals surface area contributed by atoms with Crippen molar-refractivity contribution in [3.05, 3.63) is 35.4 Å². The lowest BCUT2D eigenvalue weighted by atomic mass is 9.95. The van der Waals surface area contributed by atoms with E-state index in [4.69, 9.17) is 10.5 Å². The molecule has 0 saturated carbocycles. The number of nitriles is 2. The van der Waals surface area contributed by atoms with Gasteiger partial charge in [0.25, 0.3) is 0 Å². The van der Waals surface area contributed by atoms with E-state index >= 15 is 0 Å². The number of nitrogens with zero attached hydrogens (tertiary/aromatic N) is 3. The summed E-state index contributed by atoms with van der Waals surface area (Å²) in [5.74, 6) is 0.338. The van der Waals surface area contributed by atoms with Crippen LogP contribution in [-0.2, 0) is 4.79 Å². The van der Waals surface area contributed by atoms with Gasteiger partial charge in [0.15, 0.2) is 0 Å². The highest BCUT2D eigenvalue weighted by atomic mass is 16.2. The second-order valence-electron chi connectivity index (χ2n) is 5.95. The number of rotatable bonds is 2. The molecule has 5 nitrogen and oxygen atoms in total. The first kappa shape index (κ1) is 14.6. The van der Waals surface area contributed by atoms with E-state index in [0.717, 1.165) is 31.4 Å². The Labute approximate surface area is 130 Å². The van der Waals surface area contributed by atoms with Crippen LogP contribution in [0.4, 0.5) is 0 Å². The zero-order valence-corrected chi connectivity index (χ0v) is 12.3. The largest absolute Gasteiger partial charge is 0.325 e. The Kier molecular flexibility index (Phi) is 4.09. The van der Waals surface area contributed by atoms with Gasteiger partial charge < -0.3 is 10.2 Å². The van der Waals surface area contributed by atoms with Crippen molar-refractivity contribution in [2.75, 3.05) is 13.1 Å². The third-order valence-electron chi connectivity index (χ3n) is 4.63. The second-order valence-corrected chi connectivity index (χ2v) is 5.95. The monoisotopic (exact) mass is 294 g/mol. The van der Waals surface area contributed by atoms with Gasteiger partial charge in [-0.2, -0.15) is 10.5 Å². The molecule has 1 N–H and O–H groups in total. The lowest BCUT2D eigenvalue weighted by Gasteiger charge is -2.23. The van der Waals surface area contributed by atoms with Gasteiger partial charge in [0.1, 0.15) is 6.04 Å². The van der Waals surface area contributed by atoms with Crippen LogP contribution in [0.25, 0.3) is 0 Å². The highest BCUT2D eigenvalue weighted by molar-refractivity contribution is 5.83. The molecular weight excluding hydrogens is 276 g/mol. The van der Waals surface area contributed by atoms with Gasteiger partial charge in [-0.25, -0.2) is 0 Å². The van der Waals surface area contributed by atoms with Crippen molar-refractivity contribution in [3.63, 3.8) is 0 Å². The SMILES string of the molecule is N#Cc1ccc([C@@H]2CN[C@H](C(=O)N3CCC[C@H]3C#N)C2)cc1. The van der Waals surface area contributed by atoms with Gasteiger partial charge in [-0.1, -0.05) is 12.1 Å². The average Bonchev–Trinajstić information content (AvgIpc) is 3.23. The maximum atomic E-state index is 12.6. The van der Waals surface area contributed by atoms with Crippen molar-refractivity contribution < 1.29 is 4.79 Å².